The quantitative estimate of drug-likeness (QED) is 0.557. The molecule has 3 nitrogen and oxygen atoms in total. The van der Waals surface area contributed by atoms with Gasteiger partial charge in [-0.1, -0.05) is 12.2 Å². The predicted octanol–water partition coefficient (Wildman–Crippen LogP) is 0.880. The normalized spacial score (nSPS) is 13.8. The van der Waals surface area contributed by atoms with Crippen LogP contribution in [-0.4, -0.2) is 16.7 Å². The number of hydrogen-bond acceptors (Lipinski definition) is 1. The van der Waals surface area contributed by atoms with Gasteiger partial charge in [0.25, 0.3) is 0 Å². The van der Waals surface area contributed by atoms with Gasteiger partial charge in [-0.2, -0.15) is 0 Å². The molecule has 0 atom stereocenters. The minimum absolute atomic E-state index is 0. The maximum Gasteiger partial charge on any atom is 0.133 e. The molecule has 0 fully saturated rings. The summed E-state index contributed by atoms with van der Waals surface area (Å²) in [5.41, 5.74) is 0. The summed E-state index contributed by atoms with van der Waals surface area (Å²) in [5, 5.41) is 0. The minimum atomic E-state index is 0. The van der Waals surface area contributed by atoms with Gasteiger partial charge >= 0.3 is 0 Å². The second kappa shape index (κ2) is 13.5. The van der Waals surface area contributed by atoms with E-state index in [2.05, 4.69) is 12.2 Å². The van der Waals surface area contributed by atoms with E-state index >= 15 is 0 Å². The molecule has 0 aromatic heterocycles. The number of Topliss-reactive ketones (excluding diaryl/α,β-unsaturated/α-hetero) is 1. The molecule has 0 saturated carbocycles. The molecule has 0 amide bonds. The van der Waals surface area contributed by atoms with Gasteiger partial charge in [0.1, 0.15) is 5.78 Å². The largest absolute Gasteiger partial charge is 0.412 e. The summed E-state index contributed by atoms with van der Waals surface area (Å²) >= 11 is 0. The van der Waals surface area contributed by atoms with E-state index < -0.39 is 0 Å². The maximum absolute atomic E-state index is 10.6. The summed E-state index contributed by atoms with van der Waals surface area (Å²) < 4.78 is 0. The molecule has 1 rings (SSSR count). The Morgan fingerprint density at radius 2 is 1.25 bits per heavy atom. The first-order valence-corrected chi connectivity index (χ1v) is 3.06. The number of carbonyl (C=O) groups excluding carboxylic acids is 1. The van der Waals surface area contributed by atoms with Crippen LogP contribution < -0.4 is 0 Å². The molecule has 0 bridgehead atoms. The average molecular weight is 219 g/mol. The van der Waals surface area contributed by atoms with Crippen molar-refractivity contribution >= 4 is 30.6 Å². The lowest BCUT2D eigenvalue weighted by molar-refractivity contribution is -0.118. The second-order valence-corrected chi connectivity index (χ2v) is 2.09. The Labute approximate surface area is 84.7 Å². The van der Waals surface area contributed by atoms with Gasteiger partial charge in [0.05, 0.1) is 0 Å². The van der Waals surface area contributed by atoms with E-state index in [0.717, 1.165) is 25.7 Å². The first-order valence-electron chi connectivity index (χ1n) is 3.06. The van der Waals surface area contributed by atoms with Crippen LogP contribution in [0.5, 0.6) is 0 Å². The smallest absolute Gasteiger partial charge is 0.133 e. The summed E-state index contributed by atoms with van der Waals surface area (Å²) in [4.78, 5) is 10.6. The van der Waals surface area contributed by atoms with Crippen molar-refractivity contribution in [2.45, 2.75) is 25.7 Å². The Morgan fingerprint density at radius 1 is 0.917 bits per heavy atom. The van der Waals surface area contributed by atoms with Gasteiger partial charge < -0.3 is 11.0 Å². The van der Waals surface area contributed by atoms with E-state index in [-0.39, 0.29) is 35.8 Å². The zero-order valence-electron chi connectivity index (χ0n) is 6.71. The van der Waals surface area contributed by atoms with Crippen LogP contribution in [0.3, 0.4) is 0 Å². The van der Waals surface area contributed by atoms with Crippen LogP contribution in [0.15, 0.2) is 12.2 Å². The van der Waals surface area contributed by atoms with E-state index in [1.807, 2.05) is 0 Å². The molecular formula is C7H16Cl2O3. The van der Waals surface area contributed by atoms with Crippen LogP contribution in [0, 0.1) is 0 Å². The molecular weight excluding hydrogens is 203 g/mol. The van der Waals surface area contributed by atoms with Gasteiger partial charge in [-0.3, -0.25) is 4.79 Å². The van der Waals surface area contributed by atoms with Crippen molar-refractivity contribution in [3.05, 3.63) is 12.2 Å². The van der Waals surface area contributed by atoms with Crippen molar-refractivity contribution in [3.63, 3.8) is 0 Å². The van der Waals surface area contributed by atoms with Crippen molar-refractivity contribution < 1.29 is 15.7 Å². The number of allylic oxidation sites excluding steroid dienone is 2. The Morgan fingerprint density at radius 3 is 1.58 bits per heavy atom. The molecule has 76 valence electrons. The van der Waals surface area contributed by atoms with Crippen molar-refractivity contribution in [3.8, 4) is 0 Å². The molecule has 4 N–H and O–H groups in total. The first kappa shape index (κ1) is 22.7. The Hall–Kier alpha value is -0.0900. The van der Waals surface area contributed by atoms with Crippen LogP contribution in [0.4, 0.5) is 0 Å². The third-order valence-corrected chi connectivity index (χ3v) is 1.35. The fourth-order valence-electron chi connectivity index (χ4n) is 0.849. The SMILES string of the molecule is Cl.Cl.O.O.O=C1CCC=CCC1. The molecule has 0 radical (unpaired) electrons. The van der Waals surface area contributed by atoms with Gasteiger partial charge in [-0.25, -0.2) is 0 Å². The molecule has 5 heteroatoms. The number of ketones is 1. The molecule has 0 aromatic rings. The average Bonchev–Trinajstić information content (AvgIpc) is 1.94. The third kappa shape index (κ3) is 9.91. The van der Waals surface area contributed by atoms with E-state index in [9.17, 15) is 4.79 Å². The lowest BCUT2D eigenvalue weighted by atomic mass is 10.2. The maximum atomic E-state index is 10.6. The topological polar surface area (TPSA) is 80.1 Å². The van der Waals surface area contributed by atoms with Crippen molar-refractivity contribution in [1.29, 1.82) is 0 Å². The van der Waals surface area contributed by atoms with Crippen LogP contribution in [0.2, 0.25) is 0 Å². The summed E-state index contributed by atoms with van der Waals surface area (Å²) in [6.07, 6.45) is 7.61. The van der Waals surface area contributed by atoms with E-state index in [0.29, 0.717) is 5.78 Å². The Bertz CT molecular complexity index is 114. The summed E-state index contributed by atoms with van der Waals surface area (Å²) in [7, 11) is 0. The standard InChI is InChI=1S/C7H10O.2ClH.2H2O/c8-7-5-3-1-2-4-6-7;;;;/h1-2H,3-6H2;2*1H;2*1H2. The highest BCUT2D eigenvalue weighted by Gasteiger charge is 2.00. The summed E-state index contributed by atoms with van der Waals surface area (Å²) in [5.74, 6) is 0.412. The number of hydrogen-bond donors (Lipinski definition) is 0. The number of carbonyl (C=O) groups is 1. The van der Waals surface area contributed by atoms with Crippen LogP contribution in [0.1, 0.15) is 25.7 Å². The van der Waals surface area contributed by atoms with Crippen LogP contribution in [-0.2, 0) is 4.79 Å². The van der Waals surface area contributed by atoms with E-state index in [1.54, 1.807) is 0 Å². The van der Waals surface area contributed by atoms with Crippen molar-refractivity contribution in [2.75, 3.05) is 0 Å². The zero-order valence-corrected chi connectivity index (χ0v) is 8.34. The fourth-order valence-corrected chi connectivity index (χ4v) is 0.849. The highest BCUT2D eigenvalue weighted by molar-refractivity contribution is 5.85. The fraction of sp³-hybridized carbons (Fsp3) is 0.571. The highest BCUT2D eigenvalue weighted by Crippen LogP contribution is 2.05. The zero-order chi connectivity index (χ0) is 5.82. The molecule has 1 aliphatic rings. The molecule has 0 unspecified atom stereocenters. The molecule has 0 spiro atoms. The lowest BCUT2D eigenvalue weighted by Gasteiger charge is -1.87. The number of halogens is 2. The lowest BCUT2D eigenvalue weighted by Crippen LogP contribution is -1.92. The Balaban J connectivity index is -0.0000000800. The second-order valence-electron chi connectivity index (χ2n) is 2.09. The Kier molecular flexibility index (Phi) is 25.5. The molecule has 0 heterocycles. The van der Waals surface area contributed by atoms with Gasteiger partial charge in [0.15, 0.2) is 0 Å². The molecule has 12 heavy (non-hydrogen) atoms. The van der Waals surface area contributed by atoms with E-state index in [1.165, 1.54) is 0 Å². The molecule has 0 saturated heterocycles. The summed E-state index contributed by atoms with van der Waals surface area (Å²) in [6, 6.07) is 0. The van der Waals surface area contributed by atoms with Crippen LogP contribution in [0.25, 0.3) is 0 Å². The van der Waals surface area contributed by atoms with Crippen LogP contribution >= 0.6 is 24.8 Å². The predicted molar refractivity (Wildman–Crippen MR) is 54.3 cm³/mol. The number of rotatable bonds is 0. The third-order valence-electron chi connectivity index (χ3n) is 1.35. The van der Waals surface area contributed by atoms with Crippen molar-refractivity contribution in [1.82, 2.24) is 0 Å². The molecule has 0 aliphatic heterocycles. The van der Waals surface area contributed by atoms with Crippen molar-refractivity contribution in [2.24, 2.45) is 0 Å². The monoisotopic (exact) mass is 218 g/mol. The van der Waals surface area contributed by atoms with Gasteiger partial charge in [0, 0.05) is 12.8 Å². The van der Waals surface area contributed by atoms with Gasteiger partial charge in [-0.05, 0) is 12.8 Å². The van der Waals surface area contributed by atoms with Gasteiger partial charge in [0.2, 0.25) is 0 Å². The van der Waals surface area contributed by atoms with Gasteiger partial charge in [-0.15, -0.1) is 24.8 Å². The molecule has 1 aliphatic carbocycles. The first-order chi connectivity index (χ1) is 3.89. The van der Waals surface area contributed by atoms with E-state index in [4.69, 9.17) is 0 Å². The summed E-state index contributed by atoms with van der Waals surface area (Å²) in [6.45, 7) is 0. The highest BCUT2D eigenvalue weighted by atomic mass is 35.5. The minimum Gasteiger partial charge on any atom is -0.412 e. The molecule has 0 aromatic carbocycles.